The molecule has 0 aliphatic carbocycles. The highest BCUT2D eigenvalue weighted by Crippen LogP contribution is 2.21. The van der Waals surface area contributed by atoms with Crippen LogP contribution in [-0.4, -0.2) is 64.9 Å². The topological polar surface area (TPSA) is 52.8 Å². The van der Waals surface area contributed by atoms with Crippen LogP contribution in [0.2, 0.25) is 0 Å². The van der Waals surface area contributed by atoms with E-state index in [0.29, 0.717) is 30.1 Å². The maximum absolute atomic E-state index is 12.8. The maximum atomic E-state index is 12.8. The molecule has 1 aromatic carbocycles. The van der Waals surface area contributed by atoms with E-state index >= 15 is 0 Å². The predicted octanol–water partition coefficient (Wildman–Crippen LogP) is 3.73. The third kappa shape index (κ3) is 5.49. The Bertz CT molecular complexity index is 853. The van der Waals surface area contributed by atoms with Crippen LogP contribution in [0.1, 0.15) is 53.8 Å². The fourth-order valence-corrected chi connectivity index (χ4v) is 3.83. The minimum absolute atomic E-state index is 0.0315. The molecule has 30 heavy (non-hydrogen) atoms. The highest BCUT2D eigenvalue weighted by Gasteiger charge is 2.25. The van der Waals surface area contributed by atoms with Crippen molar-refractivity contribution in [3.8, 4) is 0 Å². The third-order valence-electron chi connectivity index (χ3n) is 6.31. The van der Waals surface area contributed by atoms with Gasteiger partial charge in [0.05, 0.1) is 6.54 Å². The van der Waals surface area contributed by atoms with E-state index in [1.165, 1.54) is 23.0 Å². The van der Waals surface area contributed by atoms with Gasteiger partial charge in [-0.05, 0) is 44.9 Å². The number of likely N-dealkylation sites (N-methyl/N-ethyl adjacent to an activating group) is 1. The average molecular weight is 413 g/mol. The van der Waals surface area contributed by atoms with Crippen molar-refractivity contribution in [2.24, 2.45) is 5.92 Å². The molecule has 1 unspecified atom stereocenters. The van der Waals surface area contributed by atoms with E-state index in [0.717, 1.165) is 32.7 Å². The Hall–Kier alpha value is -2.18. The number of nitrogens with zero attached hydrogens (tertiary/aromatic N) is 4. The number of aryl methyl sites for hydroxylation is 2. The number of carbonyl (C=O) groups excluding carboxylic acids is 1. The molecule has 1 fully saturated rings. The van der Waals surface area contributed by atoms with Gasteiger partial charge in [-0.15, -0.1) is 0 Å². The molecule has 164 valence electrons. The Balaban J connectivity index is 1.72. The number of carbonyl (C=O) groups is 1. The van der Waals surface area contributed by atoms with E-state index in [1.807, 2.05) is 4.90 Å². The van der Waals surface area contributed by atoms with E-state index in [2.05, 4.69) is 74.6 Å². The van der Waals surface area contributed by atoms with E-state index in [1.54, 1.807) is 0 Å². The molecule has 0 saturated carbocycles. The zero-order valence-electron chi connectivity index (χ0n) is 19.3. The molecule has 1 saturated heterocycles. The van der Waals surface area contributed by atoms with Crippen LogP contribution in [0.15, 0.2) is 28.9 Å². The first-order valence-corrected chi connectivity index (χ1v) is 11.0. The number of amides is 1. The first-order chi connectivity index (χ1) is 14.2. The van der Waals surface area contributed by atoms with Crippen LogP contribution < -0.4 is 0 Å². The van der Waals surface area contributed by atoms with Crippen molar-refractivity contribution in [1.29, 1.82) is 0 Å². The molecule has 2 heterocycles. The van der Waals surface area contributed by atoms with Gasteiger partial charge in [0.1, 0.15) is 6.26 Å². The molecule has 6 heteroatoms. The lowest BCUT2D eigenvalue weighted by Crippen LogP contribution is -2.47. The molecule has 0 spiro atoms. The monoisotopic (exact) mass is 412 g/mol. The summed E-state index contributed by atoms with van der Waals surface area (Å²) in [6.45, 7) is 15.7. The molecule has 0 N–H and O–H groups in total. The Labute approximate surface area is 180 Å². The van der Waals surface area contributed by atoms with Crippen molar-refractivity contribution in [3.05, 3.63) is 52.7 Å². The molecule has 1 atom stereocenters. The number of piperazine rings is 1. The molecule has 0 bridgehead atoms. The Kier molecular flexibility index (Phi) is 7.32. The second-order valence-electron chi connectivity index (χ2n) is 9.04. The van der Waals surface area contributed by atoms with Gasteiger partial charge >= 0.3 is 0 Å². The van der Waals surface area contributed by atoms with E-state index in [4.69, 9.17) is 4.42 Å². The lowest BCUT2D eigenvalue weighted by Gasteiger charge is -2.32. The SMILES string of the molecule is Cc1ccc(CN(Cc2nc(C(=O)N3CCN(C)CC3)co2)C(C)C(C)C)c(C)c1. The summed E-state index contributed by atoms with van der Waals surface area (Å²) in [5, 5.41) is 0. The van der Waals surface area contributed by atoms with Crippen LogP contribution in [0.4, 0.5) is 0 Å². The van der Waals surface area contributed by atoms with E-state index in [-0.39, 0.29) is 5.91 Å². The molecule has 1 amide bonds. The molecular formula is C24H36N4O2. The van der Waals surface area contributed by atoms with Crippen molar-refractivity contribution in [1.82, 2.24) is 19.7 Å². The smallest absolute Gasteiger partial charge is 0.275 e. The lowest BCUT2D eigenvalue weighted by molar-refractivity contribution is 0.0658. The van der Waals surface area contributed by atoms with Crippen LogP contribution in [-0.2, 0) is 13.1 Å². The average Bonchev–Trinajstić information content (AvgIpc) is 3.17. The lowest BCUT2D eigenvalue weighted by atomic mass is 10.0. The van der Waals surface area contributed by atoms with Crippen LogP contribution in [0.3, 0.4) is 0 Å². The molecule has 6 nitrogen and oxygen atoms in total. The number of hydrogen-bond donors (Lipinski definition) is 0. The Morgan fingerprint density at radius 3 is 2.47 bits per heavy atom. The number of aromatic nitrogens is 1. The highest BCUT2D eigenvalue weighted by molar-refractivity contribution is 5.92. The molecule has 1 aliphatic rings. The van der Waals surface area contributed by atoms with Crippen LogP contribution in [0, 0.1) is 19.8 Å². The van der Waals surface area contributed by atoms with Gasteiger partial charge < -0.3 is 14.2 Å². The first-order valence-electron chi connectivity index (χ1n) is 11.0. The molecule has 2 aromatic rings. The molecule has 1 aliphatic heterocycles. The van der Waals surface area contributed by atoms with Crippen LogP contribution in [0.25, 0.3) is 0 Å². The van der Waals surface area contributed by atoms with Crippen molar-refractivity contribution in [3.63, 3.8) is 0 Å². The Morgan fingerprint density at radius 1 is 1.13 bits per heavy atom. The number of oxazole rings is 1. The van der Waals surface area contributed by atoms with Gasteiger partial charge in [0.25, 0.3) is 5.91 Å². The summed E-state index contributed by atoms with van der Waals surface area (Å²) in [7, 11) is 2.08. The normalized spacial score (nSPS) is 16.5. The minimum Gasteiger partial charge on any atom is -0.447 e. The molecule has 1 aromatic heterocycles. The van der Waals surface area contributed by atoms with Gasteiger partial charge in [0, 0.05) is 38.8 Å². The summed E-state index contributed by atoms with van der Waals surface area (Å²) < 4.78 is 5.73. The zero-order chi connectivity index (χ0) is 21.8. The second kappa shape index (κ2) is 9.75. The van der Waals surface area contributed by atoms with Crippen molar-refractivity contribution in [2.45, 2.75) is 53.8 Å². The van der Waals surface area contributed by atoms with Gasteiger partial charge in [0.2, 0.25) is 5.89 Å². The fourth-order valence-electron chi connectivity index (χ4n) is 3.83. The van der Waals surface area contributed by atoms with Gasteiger partial charge in [-0.2, -0.15) is 0 Å². The molecular weight excluding hydrogens is 376 g/mol. The van der Waals surface area contributed by atoms with Gasteiger partial charge in [-0.3, -0.25) is 9.69 Å². The van der Waals surface area contributed by atoms with Gasteiger partial charge in [0.15, 0.2) is 5.69 Å². The molecule has 3 rings (SSSR count). The predicted molar refractivity (Wildman–Crippen MR) is 119 cm³/mol. The summed E-state index contributed by atoms with van der Waals surface area (Å²) in [6, 6.07) is 6.96. The second-order valence-corrected chi connectivity index (χ2v) is 9.04. The van der Waals surface area contributed by atoms with Crippen LogP contribution >= 0.6 is 0 Å². The van der Waals surface area contributed by atoms with Gasteiger partial charge in [-0.1, -0.05) is 37.6 Å². The third-order valence-corrected chi connectivity index (χ3v) is 6.31. The van der Waals surface area contributed by atoms with Crippen LogP contribution in [0.5, 0.6) is 0 Å². The number of hydrogen-bond acceptors (Lipinski definition) is 5. The fraction of sp³-hybridized carbons (Fsp3) is 0.583. The summed E-state index contributed by atoms with van der Waals surface area (Å²) >= 11 is 0. The van der Waals surface area contributed by atoms with Gasteiger partial charge in [-0.25, -0.2) is 4.98 Å². The maximum Gasteiger partial charge on any atom is 0.275 e. The summed E-state index contributed by atoms with van der Waals surface area (Å²) in [6.07, 6.45) is 1.52. The zero-order valence-corrected chi connectivity index (χ0v) is 19.3. The number of rotatable bonds is 7. The van der Waals surface area contributed by atoms with E-state index < -0.39 is 0 Å². The van der Waals surface area contributed by atoms with Crippen molar-refractivity contribution >= 4 is 5.91 Å². The van der Waals surface area contributed by atoms with Crippen molar-refractivity contribution < 1.29 is 9.21 Å². The largest absolute Gasteiger partial charge is 0.447 e. The number of benzene rings is 1. The Morgan fingerprint density at radius 2 is 1.83 bits per heavy atom. The quantitative estimate of drug-likeness (QED) is 0.694. The minimum atomic E-state index is -0.0315. The standard InChI is InChI=1S/C24H36N4O2/c1-17(2)20(5)28(14-21-8-7-18(3)13-19(21)4)15-23-25-22(16-30-23)24(29)27-11-9-26(6)10-12-27/h7-8,13,16-17,20H,9-12,14-15H2,1-6H3. The first kappa shape index (κ1) is 22.5. The summed E-state index contributed by atoms with van der Waals surface area (Å²) in [5.74, 6) is 1.07. The van der Waals surface area contributed by atoms with Crippen molar-refractivity contribution in [2.75, 3.05) is 33.2 Å². The molecule has 0 radical (unpaired) electrons. The summed E-state index contributed by atoms with van der Waals surface area (Å²) in [5.41, 5.74) is 4.31. The summed E-state index contributed by atoms with van der Waals surface area (Å²) in [4.78, 5) is 23.8. The highest BCUT2D eigenvalue weighted by atomic mass is 16.3. The van der Waals surface area contributed by atoms with E-state index in [9.17, 15) is 4.79 Å².